The van der Waals surface area contributed by atoms with E-state index in [1.807, 2.05) is 36.4 Å². The van der Waals surface area contributed by atoms with Gasteiger partial charge in [-0.3, -0.25) is 10.1 Å². The normalized spacial score (nSPS) is 19.4. The van der Waals surface area contributed by atoms with Crippen molar-refractivity contribution in [2.45, 2.75) is 51.2 Å². The number of nitrogens with zero attached hydrogens (tertiary/aromatic N) is 4. The van der Waals surface area contributed by atoms with Crippen molar-refractivity contribution in [2.75, 3.05) is 0 Å². The Morgan fingerprint density at radius 3 is 2.69 bits per heavy atom. The zero-order valence-electron chi connectivity index (χ0n) is 18.6. The van der Waals surface area contributed by atoms with Gasteiger partial charge in [0.25, 0.3) is 5.89 Å². The Morgan fingerprint density at radius 1 is 1.20 bits per heavy atom. The number of ether oxygens (including phenoxy) is 2. The van der Waals surface area contributed by atoms with Gasteiger partial charge < -0.3 is 13.9 Å². The Hall–Kier alpha value is -3.80. The first kappa shape index (κ1) is 24.3. The first-order valence-corrected chi connectivity index (χ1v) is 10.8. The van der Waals surface area contributed by atoms with Crippen molar-refractivity contribution in [3.8, 4) is 17.5 Å². The molecule has 9 nitrogen and oxygen atoms in total. The molecule has 2 atom stereocenters. The molecule has 0 saturated carbocycles. The van der Waals surface area contributed by atoms with Gasteiger partial charge in [-0.2, -0.15) is 13.2 Å². The first-order chi connectivity index (χ1) is 16.7. The van der Waals surface area contributed by atoms with E-state index in [9.17, 15) is 23.3 Å². The van der Waals surface area contributed by atoms with Crippen LogP contribution < -0.4 is 4.74 Å². The molecule has 0 aliphatic carbocycles. The molecule has 0 amide bonds. The smallest absolute Gasteiger partial charge is 0.421 e. The minimum atomic E-state index is -4.93. The molecule has 184 valence electrons. The number of rotatable bonds is 4. The molecule has 12 heteroatoms. The van der Waals surface area contributed by atoms with Crippen LogP contribution in [0.3, 0.4) is 0 Å². The average molecular weight is 490 g/mol. The Labute approximate surface area is 197 Å². The van der Waals surface area contributed by atoms with E-state index in [-0.39, 0.29) is 12.5 Å². The number of fused-ring (bicyclic) bond motifs is 5. The standard InChI is InChI=1S/C23H21F3N4O5/c1-14-8-4-2-7-11-18(33-13-15-9-5-3-6-10-15)21-28-29-22(35-21)19-17(30(31)32)12-16(23(24,25)26)20(27-19)34-14/h2-6,9-10,12,14,18H,7-8,11,13H2,1H3/b4-2-/t14-,18-/m1/s1. The van der Waals surface area contributed by atoms with Gasteiger partial charge in [-0.1, -0.05) is 42.5 Å². The Morgan fingerprint density at radius 2 is 1.97 bits per heavy atom. The van der Waals surface area contributed by atoms with E-state index >= 15 is 0 Å². The second-order valence-electron chi connectivity index (χ2n) is 7.91. The highest BCUT2D eigenvalue weighted by Gasteiger charge is 2.40. The predicted molar refractivity (Wildman–Crippen MR) is 116 cm³/mol. The van der Waals surface area contributed by atoms with Crippen molar-refractivity contribution in [2.24, 2.45) is 0 Å². The van der Waals surface area contributed by atoms with Gasteiger partial charge in [-0.25, -0.2) is 4.98 Å². The summed E-state index contributed by atoms with van der Waals surface area (Å²) in [5.74, 6) is -1.17. The molecule has 0 unspecified atom stereocenters. The van der Waals surface area contributed by atoms with Crippen LogP contribution in [-0.2, 0) is 17.5 Å². The molecule has 35 heavy (non-hydrogen) atoms. The van der Waals surface area contributed by atoms with Crippen LogP contribution in [0, 0.1) is 10.1 Å². The van der Waals surface area contributed by atoms with Gasteiger partial charge in [-0.05, 0) is 25.3 Å². The van der Waals surface area contributed by atoms with E-state index in [0.717, 1.165) is 5.56 Å². The Balaban J connectivity index is 1.77. The minimum absolute atomic E-state index is 0.0354. The molecule has 3 heterocycles. The quantitative estimate of drug-likeness (QED) is 0.255. The fourth-order valence-electron chi connectivity index (χ4n) is 3.48. The lowest BCUT2D eigenvalue weighted by Gasteiger charge is -2.18. The molecule has 4 bridgehead atoms. The Kier molecular flexibility index (Phi) is 7.10. The maximum Gasteiger partial charge on any atom is 0.421 e. The highest BCUT2D eigenvalue weighted by molar-refractivity contribution is 5.64. The maximum atomic E-state index is 13.6. The molecule has 1 aromatic carbocycles. The molecule has 0 spiro atoms. The third kappa shape index (κ3) is 5.83. The topological polar surface area (TPSA) is 113 Å². The number of alkyl halides is 3. The van der Waals surface area contributed by atoms with Crippen molar-refractivity contribution < 1.29 is 32.0 Å². The van der Waals surface area contributed by atoms with E-state index < -0.39 is 52.0 Å². The van der Waals surface area contributed by atoms with Crippen molar-refractivity contribution >= 4 is 5.69 Å². The van der Waals surface area contributed by atoms with Crippen LogP contribution >= 0.6 is 0 Å². The summed E-state index contributed by atoms with van der Waals surface area (Å²) in [7, 11) is 0. The second-order valence-corrected chi connectivity index (χ2v) is 7.91. The average Bonchev–Trinajstić information content (AvgIpc) is 3.29. The van der Waals surface area contributed by atoms with E-state index in [1.54, 1.807) is 13.0 Å². The predicted octanol–water partition coefficient (Wildman–Crippen LogP) is 5.82. The van der Waals surface area contributed by atoms with Gasteiger partial charge >= 0.3 is 11.9 Å². The van der Waals surface area contributed by atoms with E-state index in [4.69, 9.17) is 13.9 Å². The molecule has 0 radical (unpaired) electrons. The monoisotopic (exact) mass is 490 g/mol. The van der Waals surface area contributed by atoms with Gasteiger partial charge in [0.05, 0.1) is 11.5 Å². The van der Waals surface area contributed by atoms with Gasteiger partial charge in [-0.15, -0.1) is 10.2 Å². The van der Waals surface area contributed by atoms with Crippen molar-refractivity contribution in [3.63, 3.8) is 0 Å². The fourth-order valence-corrected chi connectivity index (χ4v) is 3.48. The van der Waals surface area contributed by atoms with Crippen LogP contribution in [0.5, 0.6) is 5.88 Å². The molecule has 3 aromatic rings. The van der Waals surface area contributed by atoms with Gasteiger partial charge in [0, 0.05) is 12.5 Å². The lowest BCUT2D eigenvalue weighted by Crippen LogP contribution is -2.17. The van der Waals surface area contributed by atoms with E-state index in [1.165, 1.54) is 0 Å². The largest absolute Gasteiger partial charge is 0.474 e. The zero-order valence-corrected chi connectivity index (χ0v) is 18.6. The van der Waals surface area contributed by atoms with Gasteiger partial charge in [0.2, 0.25) is 17.5 Å². The first-order valence-electron chi connectivity index (χ1n) is 10.8. The van der Waals surface area contributed by atoms with Crippen LogP contribution in [0.1, 0.15) is 49.3 Å². The second kappa shape index (κ2) is 10.2. The van der Waals surface area contributed by atoms with E-state index in [2.05, 4.69) is 15.2 Å². The summed E-state index contributed by atoms with van der Waals surface area (Å²) in [4.78, 5) is 14.4. The molecule has 0 fully saturated rings. The van der Waals surface area contributed by atoms with Crippen molar-refractivity contribution in [3.05, 3.63) is 75.7 Å². The van der Waals surface area contributed by atoms with Crippen molar-refractivity contribution in [1.82, 2.24) is 15.2 Å². The number of hydrogen-bond donors (Lipinski definition) is 0. The summed E-state index contributed by atoms with van der Waals surface area (Å²) in [6.45, 7) is 1.83. The highest BCUT2D eigenvalue weighted by Crippen LogP contribution is 2.41. The molecule has 1 aliphatic rings. The summed E-state index contributed by atoms with van der Waals surface area (Å²) in [6.07, 6.45) is -1.28. The fraction of sp³-hybridized carbons (Fsp3) is 0.348. The number of hydrogen-bond acceptors (Lipinski definition) is 8. The molecule has 0 N–H and O–H groups in total. The summed E-state index contributed by atoms with van der Waals surface area (Å²) in [5.41, 5.74) is -1.89. The zero-order chi connectivity index (χ0) is 25.0. The lowest BCUT2D eigenvalue weighted by molar-refractivity contribution is -0.384. The molecule has 4 rings (SSSR count). The SMILES string of the molecule is C[C@@H]1C/C=C\CC[C@@H](OCc2ccccc2)c2nnc(o2)-c2nc(c(C(F)(F)F)cc2[N+](=O)[O-])O1. The summed E-state index contributed by atoms with van der Waals surface area (Å²) in [5, 5.41) is 19.4. The molecule has 1 aliphatic heterocycles. The van der Waals surface area contributed by atoms with Crippen LogP contribution in [0.15, 0.2) is 53.0 Å². The molecular formula is C23H21F3N4O5. The molecular weight excluding hydrogens is 469 g/mol. The van der Waals surface area contributed by atoms with Crippen LogP contribution in [0.2, 0.25) is 0 Å². The van der Waals surface area contributed by atoms with Crippen LogP contribution in [0.25, 0.3) is 11.6 Å². The number of allylic oxidation sites excluding steroid dienone is 1. The van der Waals surface area contributed by atoms with Crippen LogP contribution in [-0.4, -0.2) is 26.2 Å². The highest BCUT2D eigenvalue weighted by atomic mass is 19.4. The van der Waals surface area contributed by atoms with Crippen LogP contribution in [0.4, 0.5) is 18.9 Å². The number of nitro groups is 1. The third-order valence-electron chi connectivity index (χ3n) is 5.23. The summed E-state index contributed by atoms with van der Waals surface area (Å²) < 4.78 is 58.0. The third-order valence-corrected chi connectivity index (χ3v) is 5.23. The van der Waals surface area contributed by atoms with Gasteiger partial charge in [0.1, 0.15) is 17.8 Å². The van der Waals surface area contributed by atoms with Crippen molar-refractivity contribution in [1.29, 1.82) is 0 Å². The number of halogens is 3. The van der Waals surface area contributed by atoms with E-state index in [0.29, 0.717) is 25.3 Å². The molecule has 2 aromatic heterocycles. The number of pyridine rings is 1. The Bertz CT molecular complexity index is 1210. The number of aromatic nitrogens is 3. The minimum Gasteiger partial charge on any atom is -0.474 e. The lowest BCUT2D eigenvalue weighted by atomic mass is 10.1. The maximum absolute atomic E-state index is 13.6. The van der Waals surface area contributed by atoms with Gasteiger partial charge in [0.15, 0.2) is 0 Å². The number of benzene rings is 1. The summed E-state index contributed by atoms with van der Waals surface area (Å²) >= 11 is 0. The molecule has 0 saturated heterocycles. The summed E-state index contributed by atoms with van der Waals surface area (Å²) in [6, 6.07) is 9.77.